The summed E-state index contributed by atoms with van der Waals surface area (Å²) in [6.07, 6.45) is 1.64. The van der Waals surface area contributed by atoms with Gasteiger partial charge >= 0.3 is 0 Å². The molecule has 114 valence electrons. The second-order valence-electron chi connectivity index (χ2n) is 4.78. The third kappa shape index (κ3) is 4.32. The fourth-order valence-corrected chi connectivity index (χ4v) is 2.64. The van der Waals surface area contributed by atoms with Crippen LogP contribution in [0.2, 0.25) is 0 Å². The maximum absolute atomic E-state index is 13.7. The van der Waals surface area contributed by atoms with E-state index in [9.17, 15) is 4.39 Å². The summed E-state index contributed by atoms with van der Waals surface area (Å²) in [5.74, 6) is -0.194. The average Bonchev–Trinajstić information content (AvgIpc) is 2.85. The highest BCUT2D eigenvalue weighted by atomic mass is 32.1. The van der Waals surface area contributed by atoms with Crippen molar-refractivity contribution < 1.29 is 9.13 Å². The number of nitrogen functional groups attached to an aromatic ring is 1. The molecule has 2 aromatic rings. The molecule has 0 unspecified atom stereocenters. The Morgan fingerprint density at radius 1 is 1.43 bits per heavy atom. The van der Waals surface area contributed by atoms with E-state index in [4.69, 9.17) is 10.5 Å². The minimum absolute atomic E-state index is 0.235. The molecule has 1 aromatic carbocycles. The molecule has 4 nitrogen and oxygen atoms in total. The summed E-state index contributed by atoms with van der Waals surface area (Å²) in [4.78, 5) is 4.40. The molecule has 2 rings (SSSR count). The van der Waals surface area contributed by atoms with Crippen molar-refractivity contribution in [1.82, 2.24) is 4.98 Å². The van der Waals surface area contributed by atoms with E-state index in [1.807, 2.05) is 19.2 Å². The number of halogens is 1. The fourth-order valence-electron chi connectivity index (χ4n) is 1.87. The number of anilines is 2. The van der Waals surface area contributed by atoms with Gasteiger partial charge in [-0.05, 0) is 13.3 Å². The third-order valence-corrected chi connectivity index (χ3v) is 3.91. The summed E-state index contributed by atoms with van der Waals surface area (Å²) < 4.78 is 19.1. The van der Waals surface area contributed by atoms with Crippen molar-refractivity contribution in [2.24, 2.45) is 0 Å². The largest absolute Gasteiger partial charge is 0.490 e. The first-order chi connectivity index (χ1) is 10.1. The van der Waals surface area contributed by atoms with Crippen LogP contribution in [0.25, 0.3) is 0 Å². The number of hydrogen-bond donors (Lipinski definition) is 2. The Bertz CT molecular complexity index is 601. The molecule has 1 heterocycles. The van der Waals surface area contributed by atoms with Crippen molar-refractivity contribution in [2.75, 3.05) is 24.2 Å². The molecule has 21 heavy (non-hydrogen) atoms. The molecule has 0 amide bonds. The number of benzene rings is 1. The van der Waals surface area contributed by atoms with E-state index in [0.717, 1.165) is 23.5 Å². The van der Waals surface area contributed by atoms with Crippen molar-refractivity contribution in [3.8, 4) is 5.75 Å². The second-order valence-corrected chi connectivity index (χ2v) is 5.72. The number of nitrogens with zero attached hydrogens (tertiary/aromatic N) is 1. The van der Waals surface area contributed by atoms with Gasteiger partial charge in [-0.1, -0.05) is 6.92 Å². The molecule has 0 fully saturated rings. The van der Waals surface area contributed by atoms with E-state index in [0.29, 0.717) is 24.5 Å². The lowest BCUT2D eigenvalue weighted by molar-refractivity contribution is 0.301. The molecule has 0 spiro atoms. The van der Waals surface area contributed by atoms with Gasteiger partial charge in [0, 0.05) is 36.2 Å². The van der Waals surface area contributed by atoms with Gasteiger partial charge in [-0.2, -0.15) is 0 Å². The molecule has 0 aliphatic heterocycles. The van der Waals surface area contributed by atoms with Gasteiger partial charge in [0.25, 0.3) is 0 Å². The molecule has 0 atom stereocenters. The Hall–Kier alpha value is -1.82. The third-order valence-electron chi connectivity index (χ3n) is 2.89. The molecule has 1 aromatic heterocycles. The van der Waals surface area contributed by atoms with Gasteiger partial charge in [-0.15, -0.1) is 11.3 Å². The first-order valence-electron chi connectivity index (χ1n) is 6.97. The minimum Gasteiger partial charge on any atom is -0.490 e. The van der Waals surface area contributed by atoms with E-state index in [1.54, 1.807) is 17.4 Å². The molecular weight excluding hydrogens is 289 g/mol. The summed E-state index contributed by atoms with van der Waals surface area (Å²) >= 11 is 1.64. The lowest BCUT2D eigenvalue weighted by Gasteiger charge is -2.12. The van der Waals surface area contributed by atoms with Gasteiger partial charge in [0.2, 0.25) is 0 Å². The molecule has 6 heteroatoms. The zero-order valence-electron chi connectivity index (χ0n) is 12.3. The summed E-state index contributed by atoms with van der Waals surface area (Å²) in [7, 11) is 0. The first-order valence-corrected chi connectivity index (χ1v) is 7.84. The Balaban J connectivity index is 1.98. The Morgan fingerprint density at radius 3 is 2.90 bits per heavy atom. The molecule has 0 aliphatic rings. The van der Waals surface area contributed by atoms with Crippen LogP contribution in [0.3, 0.4) is 0 Å². The number of ether oxygens (including phenoxy) is 1. The predicted octanol–water partition coefficient (Wildman–Crippen LogP) is 3.62. The zero-order valence-corrected chi connectivity index (χ0v) is 13.1. The van der Waals surface area contributed by atoms with Crippen LogP contribution in [0.5, 0.6) is 5.75 Å². The Labute approximate surface area is 128 Å². The van der Waals surface area contributed by atoms with Crippen molar-refractivity contribution in [3.05, 3.63) is 34.0 Å². The highest BCUT2D eigenvalue weighted by molar-refractivity contribution is 7.09. The number of hydrogen-bond acceptors (Lipinski definition) is 5. The number of aromatic nitrogens is 1. The van der Waals surface area contributed by atoms with Crippen LogP contribution in [0.1, 0.15) is 24.0 Å². The summed E-state index contributed by atoms with van der Waals surface area (Å²) in [5, 5.41) is 6.31. The molecule has 0 radical (unpaired) electrons. The summed E-state index contributed by atoms with van der Waals surface area (Å²) in [5.41, 5.74) is 7.94. The van der Waals surface area contributed by atoms with Crippen molar-refractivity contribution in [2.45, 2.75) is 26.7 Å². The number of nitrogens with one attached hydrogen (secondary N) is 1. The van der Waals surface area contributed by atoms with E-state index >= 15 is 0 Å². The van der Waals surface area contributed by atoms with Crippen LogP contribution < -0.4 is 15.8 Å². The van der Waals surface area contributed by atoms with Crippen LogP contribution in [0, 0.1) is 12.7 Å². The van der Waals surface area contributed by atoms with E-state index in [2.05, 4.69) is 10.3 Å². The predicted molar refractivity (Wildman–Crippen MR) is 85.6 cm³/mol. The lowest BCUT2D eigenvalue weighted by atomic mass is 10.2. The maximum Gasteiger partial charge on any atom is 0.167 e. The Morgan fingerprint density at radius 2 is 2.24 bits per heavy atom. The summed E-state index contributed by atoms with van der Waals surface area (Å²) in [6, 6.07) is 2.91. The van der Waals surface area contributed by atoms with Crippen LogP contribution in [-0.4, -0.2) is 18.1 Å². The van der Waals surface area contributed by atoms with E-state index in [-0.39, 0.29) is 5.75 Å². The van der Waals surface area contributed by atoms with Crippen molar-refractivity contribution in [3.63, 3.8) is 0 Å². The molecule has 3 N–H and O–H groups in total. The number of nitrogens with two attached hydrogens (primary N) is 1. The van der Waals surface area contributed by atoms with Gasteiger partial charge in [-0.3, -0.25) is 0 Å². The van der Waals surface area contributed by atoms with Gasteiger partial charge in [0.05, 0.1) is 23.0 Å². The van der Waals surface area contributed by atoms with Gasteiger partial charge in [0.15, 0.2) is 11.6 Å². The lowest BCUT2D eigenvalue weighted by Crippen LogP contribution is -2.08. The highest BCUT2D eigenvalue weighted by Gasteiger charge is 2.09. The van der Waals surface area contributed by atoms with Gasteiger partial charge in [0.1, 0.15) is 0 Å². The SMILES string of the molecule is CCCOc1cc(NCCc2nc(C)cs2)c(N)cc1F. The number of thiazole rings is 1. The quantitative estimate of drug-likeness (QED) is 0.767. The molecular formula is C15H20FN3OS. The second kappa shape index (κ2) is 7.26. The maximum atomic E-state index is 13.7. The van der Waals surface area contributed by atoms with E-state index in [1.165, 1.54) is 6.07 Å². The van der Waals surface area contributed by atoms with Crippen molar-refractivity contribution >= 4 is 22.7 Å². The highest BCUT2D eigenvalue weighted by Crippen LogP contribution is 2.28. The van der Waals surface area contributed by atoms with Crippen LogP contribution >= 0.6 is 11.3 Å². The van der Waals surface area contributed by atoms with Crippen LogP contribution in [0.4, 0.5) is 15.8 Å². The van der Waals surface area contributed by atoms with Crippen molar-refractivity contribution in [1.29, 1.82) is 0 Å². The Kier molecular flexibility index (Phi) is 5.38. The monoisotopic (exact) mass is 309 g/mol. The van der Waals surface area contributed by atoms with Crippen LogP contribution in [0.15, 0.2) is 17.5 Å². The standard InChI is InChI=1S/C15H20FN3OS/c1-3-6-20-14-8-13(12(17)7-11(14)16)18-5-4-15-19-10(2)9-21-15/h7-9,18H,3-6,17H2,1-2H3. The zero-order chi connectivity index (χ0) is 15.2. The van der Waals surface area contributed by atoms with E-state index < -0.39 is 5.82 Å². The smallest absolute Gasteiger partial charge is 0.167 e. The average molecular weight is 309 g/mol. The molecule has 0 saturated heterocycles. The normalized spacial score (nSPS) is 10.6. The molecule has 0 saturated carbocycles. The first kappa shape index (κ1) is 15.6. The number of rotatable bonds is 7. The fraction of sp³-hybridized carbons (Fsp3) is 0.400. The van der Waals surface area contributed by atoms with Gasteiger partial charge < -0.3 is 15.8 Å². The molecule has 0 aliphatic carbocycles. The summed E-state index contributed by atoms with van der Waals surface area (Å²) in [6.45, 7) is 5.13. The number of aryl methyl sites for hydroxylation is 1. The topological polar surface area (TPSA) is 60.2 Å². The minimum atomic E-state index is -0.429. The van der Waals surface area contributed by atoms with Gasteiger partial charge in [-0.25, -0.2) is 9.37 Å². The van der Waals surface area contributed by atoms with Crippen LogP contribution in [-0.2, 0) is 6.42 Å². The molecule has 0 bridgehead atoms.